The van der Waals surface area contributed by atoms with E-state index in [1.54, 1.807) is 13.8 Å². The number of aliphatic carboxylic acids is 1. The first-order chi connectivity index (χ1) is 8.80. The van der Waals surface area contributed by atoms with Gasteiger partial charge in [0.1, 0.15) is 0 Å². The Morgan fingerprint density at radius 1 is 1.37 bits per heavy atom. The van der Waals surface area contributed by atoms with Crippen molar-refractivity contribution in [3.63, 3.8) is 0 Å². The fourth-order valence-electron chi connectivity index (χ4n) is 2.31. The minimum Gasteiger partial charge on any atom is -0.481 e. The Bertz CT molecular complexity index is 325. The van der Waals surface area contributed by atoms with E-state index in [4.69, 9.17) is 9.84 Å². The highest BCUT2D eigenvalue weighted by Crippen LogP contribution is 2.18. The van der Waals surface area contributed by atoms with Crippen molar-refractivity contribution >= 4 is 12.0 Å². The highest BCUT2D eigenvalue weighted by atomic mass is 16.5. The summed E-state index contributed by atoms with van der Waals surface area (Å²) in [5.74, 6) is -0.509. The molecule has 1 saturated heterocycles. The molecule has 3 N–H and O–H groups in total. The molecule has 1 fully saturated rings. The van der Waals surface area contributed by atoms with Gasteiger partial charge in [0.2, 0.25) is 0 Å². The predicted molar refractivity (Wildman–Crippen MR) is 71.0 cm³/mol. The van der Waals surface area contributed by atoms with Crippen molar-refractivity contribution < 1.29 is 19.4 Å². The summed E-state index contributed by atoms with van der Waals surface area (Å²) >= 11 is 0. The number of carboxylic acids is 1. The van der Waals surface area contributed by atoms with Gasteiger partial charge in [-0.2, -0.15) is 0 Å². The fraction of sp³-hybridized carbons (Fsp3) is 0.846. The molecule has 0 aliphatic carbocycles. The van der Waals surface area contributed by atoms with Gasteiger partial charge in [-0.05, 0) is 39.5 Å². The smallest absolute Gasteiger partial charge is 0.315 e. The van der Waals surface area contributed by atoms with Crippen molar-refractivity contribution in [2.75, 3.05) is 13.2 Å². The lowest BCUT2D eigenvalue weighted by Gasteiger charge is -2.30. The van der Waals surface area contributed by atoms with Gasteiger partial charge in [-0.1, -0.05) is 0 Å². The Balaban J connectivity index is 2.39. The topological polar surface area (TPSA) is 87.7 Å². The van der Waals surface area contributed by atoms with Gasteiger partial charge in [0, 0.05) is 24.8 Å². The molecule has 0 aromatic rings. The largest absolute Gasteiger partial charge is 0.481 e. The van der Waals surface area contributed by atoms with Crippen LogP contribution in [0.2, 0.25) is 0 Å². The molecule has 1 atom stereocenters. The van der Waals surface area contributed by atoms with Crippen molar-refractivity contribution in [3.05, 3.63) is 0 Å². The lowest BCUT2D eigenvalue weighted by Crippen LogP contribution is -2.52. The Hall–Kier alpha value is -1.30. The number of rotatable bonds is 5. The minimum absolute atomic E-state index is 0.0597. The Morgan fingerprint density at radius 2 is 1.95 bits per heavy atom. The summed E-state index contributed by atoms with van der Waals surface area (Å²) in [4.78, 5) is 22.5. The van der Waals surface area contributed by atoms with Gasteiger partial charge in [0.05, 0.1) is 6.42 Å². The van der Waals surface area contributed by atoms with E-state index in [9.17, 15) is 9.59 Å². The van der Waals surface area contributed by atoms with Crippen LogP contribution in [0.5, 0.6) is 0 Å². The molecule has 0 saturated carbocycles. The minimum atomic E-state index is -0.928. The number of urea groups is 1. The maximum absolute atomic E-state index is 11.8. The van der Waals surface area contributed by atoms with Crippen LogP contribution in [0.15, 0.2) is 0 Å². The van der Waals surface area contributed by atoms with E-state index in [2.05, 4.69) is 10.6 Å². The molecule has 0 radical (unpaired) electrons. The van der Waals surface area contributed by atoms with Gasteiger partial charge in [-0.25, -0.2) is 4.79 Å². The first kappa shape index (κ1) is 15.8. The van der Waals surface area contributed by atoms with Crippen molar-refractivity contribution in [2.24, 2.45) is 5.92 Å². The van der Waals surface area contributed by atoms with Crippen molar-refractivity contribution in [2.45, 2.75) is 51.6 Å². The standard InChI is InChI=1S/C13H24N2O4/c1-9(10-4-6-19-7-5-10)14-12(18)15-13(2,3)8-11(16)17/h9-10H,4-8H2,1-3H3,(H,16,17)(H2,14,15,18). The van der Waals surface area contributed by atoms with E-state index in [-0.39, 0.29) is 18.5 Å². The second-order valence-corrected chi connectivity index (χ2v) is 5.79. The van der Waals surface area contributed by atoms with Crippen molar-refractivity contribution in [1.82, 2.24) is 10.6 Å². The number of nitrogens with one attached hydrogen (secondary N) is 2. The maximum atomic E-state index is 11.8. The van der Waals surface area contributed by atoms with E-state index in [0.717, 1.165) is 26.1 Å². The third-order valence-electron chi connectivity index (χ3n) is 3.38. The van der Waals surface area contributed by atoms with Gasteiger partial charge in [0.15, 0.2) is 0 Å². The van der Waals surface area contributed by atoms with Gasteiger partial charge >= 0.3 is 12.0 Å². The first-order valence-corrected chi connectivity index (χ1v) is 6.68. The summed E-state index contributed by atoms with van der Waals surface area (Å²) in [6, 6.07) is -0.255. The van der Waals surface area contributed by atoms with E-state index in [0.29, 0.717) is 5.92 Å². The zero-order valence-electron chi connectivity index (χ0n) is 11.9. The third kappa shape index (κ3) is 5.92. The number of hydrogen-bond acceptors (Lipinski definition) is 3. The highest BCUT2D eigenvalue weighted by Gasteiger charge is 2.26. The van der Waals surface area contributed by atoms with Crippen LogP contribution in [0.3, 0.4) is 0 Å². The third-order valence-corrected chi connectivity index (χ3v) is 3.38. The van der Waals surface area contributed by atoms with Crippen LogP contribution in [-0.2, 0) is 9.53 Å². The van der Waals surface area contributed by atoms with E-state index in [1.807, 2.05) is 6.92 Å². The summed E-state index contributed by atoms with van der Waals surface area (Å²) in [5, 5.41) is 14.3. The van der Waals surface area contributed by atoms with Crippen LogP contribution in [-0.4, -0.2) is 41.9 Å². The van der Waals surface area contributed by atoms with Crippen LogP contribution < -0.4 is 10.6 Å². The number of hydrogen-bond donors (Lipinski definition) is 3. The zero-order chi connectivity index (χ0) is 14.5. The normalized spacial score (nSPS) is 18.7. The quantitative estimate of drug-likeness (QED) is 0.705. The molecule has 0 aromatic heterocycles. The Labute approximate surface area is 113 Å². The zero-order valence-corrected chi connectivity index (χ0v) is 11.9. The highest BCUT2D eigenvalue weighted by molar-refractivity contribution is 5.76. The molecular weight excluding hydrogens is 248 g/mol. The van der Waals surface area contributed by atoms with E-state index >= 15 is 0 Å². The number of ether oxygens (including phenoxy) is 1. The van der Waals surface area contributed by atoms with Gasteiger partial charge < -0.3 is 20.5 Å². The summed E-state index contributed by atoms with van der Waals surface area (Å²) in [6.45, 7) is 6.84. The molecule has 1 heterocycles. The molecular formula is C13H24N2O4. The molecule has 19 heavy (non-hydrogen) atoms. The molecule has 6 heteroatoms. The summed E-state index contributed by atoms with van der Waals surface area (Å²) in [7, 11) is 0. The van der Waals surface area contributed by atoms with Crippen LogP contribution >= 0.6 is 0 Å². The lowest BCUT2D eigenvalue weighted by atomic mass is 9.93. The van der Waals surface area contributed by atoms with E-state index < -0.39 is 11.5 Å². The average Bonchev–Trinajstić information content (AvgIpc) is 2.27. The predicted octanol–water partition coefficient (Wildman–Crippen LogP) is 1.35. The van der Waals surface area contributed by atoms with Crippen molar-refractivity contribution in [3.8, 4) is 0 Å². The van der Waals surface area contributed by atoms with Crippen LogP contribution in [0.1, 0.15) is 40.0 Å². The molecule has 1 aliphatic heterocycles. The van der Waals surface area contributed by atoms with Gasteiger partial charge in [-0.15, -0.1) is 0 Å². The summed E-state index contributed by atoms with van der Waals surface area (Å²) in [5.41, 5.74) is -0.759. The molecule has 2 amide bonds. The molecule has 1 unspecified atom stereocenters. The molecule has 0 spiro atoms. The molecule has 0 aromatic carbocycles. The Morgan fingerprint density at radius 3 is 2.47 bits per heavy atom. The number of carbonyl (C=O) groups is 2. The van der Waals surface area contributed by atoms with Crippen LogP contribution in [0.25, 0.3) is 0 Å². The van der Waals surface area contributed by atoms with Crippen LogP contribution in [0.4, 0.5) is 4.79 Å². The maximum Gasteiger partial charge on any atom is 0.315 e. The first-order valence-electron chi connectivity index (χ1n) is 6.68. The van der Waals surface area contributed by atoms with Crippen molar-refractivity contribution in [1.29, 1.82) is 0 Å². The number of amides is 2. The van der Waals surface area contributed by atoms with Gasteiger partial charge in [0.25, 0.3) is 0 Å². The number of carboxylic acid groups (broad SMARTS) is 1. The molecule has 1 rings (SSSR count). The lowest BCUT2D eigenvalue weighted by molar-refractivity contribution is -0.138. The summed E-state index contributed by atoms with van der Waals surface area (Å²) < 4.78 is 5.29. The molecule has 6 nitrogen and oxygen atoms in total. The summed E-state index contributed by atoms with van der Waals surface area (Å²) in [6.07, 6.45) is 1.78. The Kier molecular flexibility index (Phi) is 5.60. The molecule has 110 valence electrons. The molecule has 1 aliphatic rings. The molecule has 0 bridgehead atoms. The number of carbonyl (C=O) groups excluding carboxylic acids is 1. The fourth-order valence-corrected chi connectivity index (χ4v) is 2.31. The second kappa shape index (κ2) is 6.75. The average molecular weight is 272 g/mol. The monoisotopic (exact) mass is 272 g/mol. The van der Waals surface area contributed by atoms with Crippen LogP contribution in [0, 0.1) is 5.92 Å². The SMILES string of the molecule is CC(NC(=O)NC(C)(C)CC(=O)O)C1CCOCC1. The van der Waals surface area contributed by atoms with Gasteiger partial charge in [-0.3, -0.25) is 4.79 Å². The second-order valence-electron chi connectivity index (χ2n) is 5.79. The van der Waals surface area contributed by atoms with E-state index in [1.165, 1.54) is 0 Å².